The summed E-state index contributed by atoms with van der Waals surface area (Å²) in [6, 6.07) is 9.27. The number of benzene rings is 1. The second-order valence-electron chi connectivity index (χ2n) is 4.65. The Kier molecular flexibility index (Phi) is 6.57. The zero-order valence-electron chi connectivity index (χ0n) is 11.0. The predicted molar refractivity (Wildman–Crippen MR) is 89.2 cm³/mol. The molecule has 5 heteroatoms. The van der Waals surface area contributed by atoms with Crippen LogP contribution in [0.1, 0.15) is 18.5 Å². The van der Waals surface area contributed by atoms with E-state index < -0.39 is 0 Å². The maximum atomic E-state index is 3.41. The van der Waals surface area contributed by atoms with Crippen LogP contribution in [0.2, 0.25) is 0 Å². The molecule has 106 valence electrons. The van der Waals surface area contributed by atoms with Gasteiger partial charge >= 0.3 is 0 Å². The highest BCUT2D eigenvalue weighted by molar-refractivity contribution is 7.17. The topological polar surface area (TPSA) is 15.3 Å². The molecule has 1 saturated heterocycles. The standard InChI is InChI=1S/C14H18N2S.2ClH/c1-11(16-8-6-15-7-9-16)13-10-17-14-5-3-2-4-12(13)14;;/h2-5,10-11,15H,6-9H2,1H3;2*1H/t11-;;/m0../s1. The van der Waals surface area contributed by atoms with Gasteiger partial charge in [0.05, 0.1) is 0 Å². The molecule has 1 fully saturated rings. The van der Waals surface area contributed by atoms with Crippen LogP contribution in [0.3, 0.4) is 0 Å². The SMILES string of the molecule is C[C@@H](c1csc2ccccc12)N1CCNCC1.Cl.Cl. The third-order valence-corrected chi connectivity index (χ3v) is 4.64. The van der Waals surface area contributed by atoms with Crippen molar-refractivity contribution < 1.29 is 0 Å². The Morgan fingerprint density at radius 2 is 1.84 bits per heavy atom. The molecule has 2 nitrogen and oxygen atoms in total. The highest BCUT2D eigenvalue weighted by Gasteiger charge is 2.20. The molecule has 3 rings (SSSR count). The van der Waals surface area contributed by atoms with E-state index in [9.17, 15) is 0 Å². The maximum Gasteiger partial charge on any atom is 0.0346 e. The van der Waals surface area contributed by atoms with Gasteiger partial charge in [0, 0.05) is 36.9 Å². The largest absolute Gasteiger partial charge is 0.314 e. The molecule has 1 aliphatic rings. The molecule has 1 aromatic carbocycles. The summed E-state index contributed by atoms with van der Waals surface area (Å²) in [7, 11) is 0. The molecule has 0 amide bonds. The Morgan fingerprint density at radius 3 is 2.58 bits per heavy atom. The molecule has 2 heterocycles. The molecule has 1 atom stereocenters. The smallest absolute Gasteiger partial charge is 0.0346 e. The Bertz CT molecular complexity index is 509. The third kappa shape index (κ3) is 3.41. The first-order valence-electron chi connectivity index (χ1n) is 6.27. The average molecular weight is 319 g/mol. The van der Waals surface area contributed by atoms with Crippen LogP contribution >= 0.6 is 36.2 Å². The van der Waals surface area contributed by atoms with Crippen molar-refractivity contribution in [1.82, 2.24) is 10.2 Å². The molecular formula is C14H20Cl2N2S. The second-order valence-corrected chi connectivity index (χ2v) is 5.56. The summed E-state index contributed by atoms with van der Waals surface area (Å²) in [6.07, 6.45) is 0. The van der Waals surface area contributed by atoms with Crippen molar-refractivity contribution in [3.05, 3.63) is 35.2 Å². The summed E-state index contributed by atoms with van der Waals surface area (Å²) < 4.78 is 1.41. The van der Waals surface area contributed by atoms with Gasteiger partial charge in [-0.3, -0.25) is 4.90 Å². The minimum absolute atomic E-state index is 0. The van der Waals surface area contributed by atoms with Crippen LogP contribution in [0.15, 0.2) is 29.6 Å². The molecule has 0 bridgehead atoms. The lowest BCUT2D eigenvalue weighted by Crippen LogP contribution is -2.44. The van der Waals surface area contributed by atoms with Crippen LogP contribution < -0.4 is 5.32 Å². The molecule has 0 radical (unpaired) electrons. The van der Waals surface area contributed by atoms with Crippen molar-refractivity contribution in [2.45, 2.75) is 13.0 Å². The van der Waals surface area contributed by atoms with Gasteiger partial charge in [0.2, 0.25) is 0 Å². The number of nitrogens with one attached hydrogen (secondary N) is 1. The van der Waals surface area contributed by atoms with Crippen LogP contribution in [0.25, 0.3) is 10.1 Å². The molecule has 1 N–H and O–H groups in total. The van der Waals surface area contributed by atoms with Gasteiger partial charge < -0.3 is 5.32 Å². The number of thiophene rings is 1. The van der Waals surface area contributed by atoms with E-state index in [4.69, 9.17) is 0 Å². The lowest BCUT2D eigenvalue weighted by molar-refractivity contribution is 0.187. The Balaban J connectivity index is 0.000000902. The predicted octanol–water partition coefficient (Wildman–Crippen LogP) is 3.71. The van der Waals surface area contributed by atoms with Crippen molar-refractivity contribution in [3.8, 4) is 0 Å². The van der Waals surface area contributed by atoms with Gasteiger partial charge in [0.25, 0.3) is 0 Å². The number of rotatable bonds is 2. The zero-order valence-corrected chi connectivity index (χ0v) is 13.4. The number of hydrogen-bond donors (Lipinski definition) is 1. The van der Waals surface area contributed by atoms with Crippen LogP contribution in [0.4, 0.5) is 0 Å². The van der Waals surface area contributed by atoms with Crippen LogP contribution in [0.5, 0.6) is 0 Å². The van der Waals surface area contributed by atoms with E-state index in [2.05, 4.69) is 46.8 Å². The monoisotopic (exact) mass is 318 g/mol. The molecule has 0 aliphatic carbocycles. The van der Waals surface area contributed by atoms with Crippen LogP contribution in [-0.4, -0.2) is 31.1 Å². The summed E-state index contributed by atoms with van der Waals surface area (Å²) in [5.41, 5.74) is 1.49. The minimum Gasteiger partial charge on any atom is -0.314 e. The molecule has 0 unspecified atom stereocenters. The van der Waals surface area contributed by atoms with Crippen molar-refractivity contribution in [3.63, 3.8) is 0 Å². The van der Waals surface area contributed by atoms with E-state index in [0.29, 0.717) is 6.04 Å². The molecule has 1 aromatic heterocycles. The fraction of sp³-hybridized carbons (Fsp3) is 0.429. The van der Waals surface area contributed by atoms with Crippen molar-refractivity contribution >= 4 is 46.2 Å². The number of halogens is 2. The molecule has 2 aromatic rings. The van der Waals surface area contributed by atoms with E-state index in [0.717, 1.165) is 26.2 Å². The third-order valence-electron chi connectivity index (χ3n) is 3.66. The van der Waals surface area contributed by atoms with E-state index >= 15 is 0 Å². The first kappa shape index (κ1) is 16.7. The van der Waals surface area contributed by atoms with Gasteiger partial charge in [-0.1, -0.05) is 18.2 Å². The first-order valence-corrected chi connectivity index (χ1v) is 7.15. The fourth-order valence-electron chi connectivity index (χ4n) is 2.59. The van der Waals surface area contributed by atoms with Crippen molar-refractivity contribution in [2.24, 2.45) is 0 Å². The van der Waals surface area contributed by atoms with Crippen molar-refractivity contribution in [2.75, 3.05) is 26.2 Å². The normalized spacial score (nSPS) is 17.5. The van der Waals surface area contributed by atoms with E-state index in [1.807, 2.05) is 11.3 Å². The lowest BCUT2D eigenvalue weighted by atomic mass is 10.1. The van der Waals surface area contributed by atoms with E-state index in [1.54, 1.807) is 0 Å². The zero-order chi connectivity index (χ0) is 11.7. The number of fused-ring (bicyclic) bond motifs is 1. The lowest BCUT2D eigenvalue weighted by Gasteiger charge is -2.32. The highest BCUT2D eigenvalue weighted by atomic mass is 35.5. The number of piperazine rings is 1. The van der Waals surface area contributed by atoms with Crippen LogP contribution in [0, 0.1) is 0 Å². The first-order chi connectivity index (χ1) is 8.36. The van der Waals surface area contributed by atoms with Crippen molar-refractivity contribution in [1.29, 1.82) is 0 Å². The Morgan fingerprint density at radius 1 is 1.16 bits per heavy atom. The quantitative estimate of drug-likeness (QED) is 0.908. The number of nitrogens with zero attached hydrogens (tertiary/aromatic N) is 1. The van der Waals surface area contributed by atoms with E-state index in [1.165, 1.54) is 15.6 Å². The molecule has 1 aliphatic heterocycles. The highest BCUT2D eigenvalue weighted by Crippen LogP contribution is 2.32. The summed E-state index contributed by atoms with van der Waals surface area (Å²) in [5.74, 6) is 0. The van der Waals surface area contributed by atoms with E-state index in [-0.39, 0.29) is 24.8 Å². The van der Waals surface area contributed by atoms with Gasteiger partial charge in [0.15, 0.2) is 0 Å². The Labute approximate surface area is 131 Å². The fourth-order valence-corrected chi connectivity index (χ4v) is 3.64. The second kappa shape index (κ2) is 7.46. The minimum atomic E-state index is 0. The summed E-state index contributed by atoms with van der Waals surface area (Å²) >= 11 is 1.86. The average Bonchev–Trinajstić information content (AvgIpc) is 2.83. The summed E-state index contributed by atoms with van der Waals surface area (Å²) in [5, 5.41) is 7.18. The van der Waals surface area contributed by atoms with Gasteiger partial charge in [-0.15, -0.1) is 36.2 Å². The Hall–Kier alpha value is -0.320. The molecular weight excluding hydrogens is 299 g/mol. The number of hydrogen-bond acceptors (Lipinski definition) is 3. The molecule has 0 spiro atoms. The summed E-state index contributed by atoms with van der Waals surface area (Å²) in [6.45, 7) is 6.88. The maximum absolute atomic E-state index is 3.41. The van der Waals surface area contributed by atoms with Gasteiger partial charge in [-0.05, 0) is 29.3 Å². The molecule has 19 heavy (non-hydrogen) atoms. The summed E-state index contributed by atoms with van der Waals surface area (Å²) in [4.78, 5) is 2.57. The van der Waals surface area contributed by atoms with Crippen LogP contribution in [-0.2, 0) is 0 Å². The molecule has 0 saturated carbocycles. The van der Waals surface area contributed by atoms with Gasteiger partial charge in [-0.2, -0.15) is 0 Å². The van der Waals surface area contributed by atoms with Gasteiger partial charge in [0.1, 0.15) is 0 Å². The van der Waals surface area contributed by atoms with Gasteiger partial charge in [-0.25, -0.2) is 0 Å².